The largest absolute Gasteiger partial charge is 0.497 e. The van der Waals surface area contributed by atoms with Gasteiger partial charge in [0.15, 0.2) is 0 Å². The Balaban J connectivity index is 1.91. The van der Waals surface area contributed by atoms with Crippen molar-refractivity contribution >= 4 is 28.5 Å². The smallest absolute Gasteiger partial charge is 0.249 e. The molecule has 1 heterocycles. The molecule has 3 aromatic carbocycles. The number of para-hydroxylation sites is 2. The SMILES string of the molecule is CCc1ccccc1N(C(=O)Cn1nnc2ccccc21)[C@@H](C(=O)NC(C)(C)C)c1cc(OC)cc(OC)c1. The molecule has 0 unspecified atom stereocenters. The number of nitrogens with one attached hydrogen (secondary N) is 1. The molecule has 0 radical (unpaired) electrons. The van der Waals surface area contributed by atoms with Gasteiger partial charge in [-0.05, 0) is 68.7 Å². The van der Waals surface area contributed by atoms with Gasteiger partial charge in [-0.25, -0.2) is 4.68 Å². The van der Waals surface area contributed by atoms with Crippen molar-refractivity contribution in [2.45, 2.75) is 52.2 Å². The van der Waals surface area contributed by atoms with Crippen LogP contribution in [0.15, 0.2) is 66.7 Å². The summed E-state index contributed by atoms with van der Waals surface area (Å²) in [5.41, 5.74) is 3.00. The number of aryl methyl sites for hydroxylation is 1. The maximum atomic E-state index is 14.3. The molecule has 0 spiro atoms. The molecule has 0 saturated heterocycles. The van der Waals surface area contributed by atoms with E-state index in [2.05, 4.69) is 15.6 Å². The van der Waals surface area contributed by atoms with E-state index in [1.165, 1.54) is 0 Å². The van der Waals surface area contributed by atoms with E-state index in [-0.39, 0.29) is 18.4 Å². The summed E-state index contributed by atoms with van der Waals surface area (Å²) in [5, 5.41) is 11.5. The van der Waals surface area contributed by atoms with Gasteiger partial charge < -0.3 is 14.8 Å². The van der Waals surface area contributed by atoms with E-state index < -0.39 is 11.6 Å². The molecule has 1 N–H and O–H groups in total. The molecule has 4 aromatic rings. The fourth-order valence-electron chi connectivity index (χ4n) is 4.54. The number of hydrogen-bond acceptors (Lipinski definition) is 6. The van der Waals surface area contributed by atoms with E-state index in [1.54, 1.807) is 42.0 Å². The van der Waals surface area contributed by atoms with Crippen LogP contribution in [0.2, 0.25) is 0 Å². The van der Waals surface area contributed by atoms with Gasteiger partial charge in [-0.15, -0.1) is 5.10 Å². The van der Waals surface area contributed by atoms with Crippen LogP contribution in [0, 0.1) is 0 Å². The summed E-state index contributed by atoms with van der Waals surface area (Å²) in [6.07, 6.45) is 0.668. The van der Waals surface area contributed by atoms with E-state index in [0.29, 0.717) is 34.7 Å². The first-order chi connectivity index (χ1) is 18.6. The molecule has 204 valence electrons. The van der Waals surface area contributed by atoms with Crippen LogP contribution in [-0.4, -0.2) is 46.6 Å². The van der Waals surface area contributed by atoms with Gasteiger partial charge in [-0.3, -0.25) is 14.5 Å². The highest BCUT2D eigenvalue weighted by Gasteiger charge is 2.36. The van der Waals surface area contributed by atoms with Crippen molar-refractivity contribution in [2.75, 3.05) is 19.1 Å². The van der Waals surface area contributed by atoms with Crippen LogP contribution < -0.4 is 19.7 Å². The molecule has 0 bridgehead atoms. The van der Waals surface area contributed by atoms with Gasteiger partial charge in [-0.1, -0.05) is 42.5 Å². The van der Waals surface area contributed by atoms with Gasteiger partial charge in [0.05, 0.1) is 19.7 Å². The first-order valence-corrected chi connectivity index (χ1v) is 12.9. The number of anilines is 1. The lowest BCUT2D eigenvalue weighted by molar-refractivity contribution is -0.128. The molecule has 1 aromatic heterocycles. The van der Waals surface area contributed by atoms with Gasteiger partial charge in [-0.2, -0.15) is 0 Å². The predicted octanol–water partition coefficient (Wildman–Crippen LogP) is 4.70. The maximum absolute atomic E-state index is 14.3. The number of fused-ring (bicyclic) bond motifs is 1. The summed E-state index contributed by atoms with van der Waals surface area (Å²) in [7, 11) is 3.10. The Morgan fingerprint density at radius 3 is 2.26 bits per heavy atom. The molecule has 0 aliphatic rings. The second kappa shape index (κ2) is 11.6. The molecule has 9 heteroatoms. The fraction of sp³-hybridized carbons (Fsp3) is 0.333. The predicted molar refractivity (Wildman–Crippen MR) is 151 cm³/mol. The van der Waals surface area contributed by atoms with Gasteiger partial charge in [0, 0.05) is 17.3 Å². The normalized spacial score (nSPS) is 12.2. The van der Waals surface area contributed by atoms with E-state index in [9.17, 15) is 9.59 Å². The molecule has 2 amide bonds. The Hall–Kier alpha value is -4.40. The zero-order valence-corrected chi connectivity index (χ0v) is 23.3. The minimum absolute atomic E-state index is 0.112. The summed E-state index contributed by atoms with van der Waals surface area (Å²) in [6, 6.07) is 19.3. The Kier molecular flexibility index (Phi) is 8.18. The number of ether oxygens (including phenoxy) is 2. The summed E-state index contributed by atoms with van der Waals surface area (Å²) < 4.78 is 12.6. The molecule has 39 heavy (non-hydrogen) atoms. The van der Waals surface area contributed by atoms with Gasteiger partial charge in [0.2, 0.25) is 11.8 Å². The number of amides is 2. The topological polar surface area (TPSA) is 98.6 Å². The molecule has 0 fully saturated rings. The first kappa shape index (κ1) is 27.6. The molecule has 9 nitrogen and oxygen atoms in total. The number of hydrogen-bond donors (Lipinski definition) is 1. The summed E-state index contributed by atoms with van der Waals surface area (Å²) >= 11 is 0. The van der Waals surface area contributed by atoms with Gasteiger partial charge in [0.1, 0.15) is 29.6 Å². The van der Waals surface area contributed by atoms with E-state index in [0.717, 1.165) is 11.1 Å². The fourth-order valence-corrected chi connectivity index (χ4v) is 4.54. The standard InChI is InChI=1S/C30H35N5O4/c1-7-20-12-8-10-14-25(20)35(27(36)19-34-26-15-11-9-13-24(26)32-33-34)28(29(37)31-30(2,3)4)21-16-22(38-5)18-23(17-21)39-6/h8-18,28H,7,19H2,1-6H3,(H,31,37)/t28-/m1/s1. The lowest BCUT2D eigenvalue weighted by atomic mass is 9.98. The molecule has 1 atom stereocenters. The zero-order valence-electron chi connectivity index (χ0n) is 23.3. The van der Waals surface area contributed by atoms with Crippen LogP contribution in [-0.2, 0) is 22.6 Å². The van der Waals surface area contributed by atoms with Gasteiger partial charge in [0.25, 0.3) is 0 Å². The second-order valence-corrected chi connectivity index (χ2v) is 10.3. The molecule has 0 saturated carbocycles. The number of carbonyl (C=O) groups is 2. The number of methoxy groups -OCH3 is 2. The van der Waals surface area contributed by atoms with Crippen molar-refractivity contribution in [2.24, 2.45) is 0 Å². The Morgan fingerprint density at radius 1 is 0.974 bits per heavy atom. The second-order valence-electron chi connectivity index (χ2n) is 10.3. The monoisotopic (exact) mass is 529 g/mol. The summed E-state index contributed by atoms with van der Waals surface area (Å²) in [4.78, 5) is 29.9. The third-order valence-corrected chi connectivity index (χ3v) is 6.30. The quantitative estimate of drug-likeness (QED) is 0.338. The highest BCUT2D eigenvalue weighted by Crippen LogP contribution is 2.35. The number of benzene rings is 3. The van der Waals surface area contributed by atoms with Crippen molar-refractivity contribution in [1.29, 1.82) is 0 Å². The van der Waals surface area contributed by atoms with Crippen LogP contribution in [0.3, 0.4) is 0 Å². The molecule has 4 rings (SSSR count). The molecule has 0 aliphatic carbocycles. The third-order valence-electron chi connectivity index (χ3n) is 6.30. The Morgan fingerprint density at radius 2 is 1.62 bits per heavy atom. The van der Waals surface area contributed by atoms with Crippen LogP contribution in [0.4, 0.5) is 5.69 Å². The van der Waals surface area contributed by atoms with Crippen LogP contribution >= 0.6 is 0 Å². The number of nitrogens with zero attached hydrogens (tertiary/aromatic N) is 4. The average Bonchev–Trinajstić information content (AvgIpc) is 3.32. The minimum atomic E-state index is -1.02. The minimum Gasteiger partial charge on any atom is -0.497 e. The van der Waals surface area contributed by atoms with Crippen LogP contribution in [0.25, 0.3) is 11.0 Å². The highest BCUT2D eigenvalue weighted by atomic mass is 16.5. The average molecular weight is 530 g/mol. The lowest BCUT2D eigenvalue weighted by Crippen LogP contribution is -2.50. The van der Waals surface area contributed by atoms with Crippen molar-refractivity contribution in [3.63, 3.8) is 0 Å². The van der Waals surface area contributed by atoms with Crippen molar-refractivity contribution in [1.82, 2.24) is 20.3 Å². The Bertz CT molecular complexity index is 1450. The van der Waals surface area contributed by atoms with Crippen LogP contribution in [0.5, 0.6) is 11.5 Å². The first-order valence-electron chi connectivity index (χ1n) is 12.9. The lowest BCUT2D eigenvalue weighted by Gasteiger charge is -2.35. The summed E-state index contributed by atoms with van der Waals surface area (Å²) in [6.45, 7) is 7.62. The van der Waals surface area contributed by atoms with E-state index in [1.807, 2.05) is 76.2 Å². The number of rotatable bonds is 9. The summed E-state index contributed by atoms with van der Waals surface area (Å²) in [5.74, 6) is 0.371. The van der Waals surface area contributed by atoms with Crippen molar-refractivity contribution < 1.29 is 19.1 Å². The van der Waals surface area contributed by atoms with E-state index in [4.69, 9.17) is 9.47 Å². The number of aromatic nitrogens is 3. The van der Waals surface area contributed by atoms with E-state index >= 15 is 0 Å². The highest BCUT2D eigenvalue weighted by molar-refractivity contribution is 6.02. The molecular formula is C30H35N5O4. The van der Waals surface area contributed by atoms with Crippen molar-refractivity contribution in [3.05, 3.63) is 77.9 Å². The zero-order chi connectivity index (χ0) is 28.2. The van der Waals surface area contributed by atoms with Gasteiger partial charge >= 0.3 is 0 Å². The molecule has 0 aliphatic heterocycles. The Labute approximate surface area is 228 Å². The maximum Gasteiger partial charge on any atom is 0.249 e. The number of carbonyl (C=O) groups excluding carboxylic acids is 2. The molecular weight excluding hydrogens is 494 g/mol. The third kappa shape index (κ3) is 6.19. The van der Waals surface area contributed by atoms with Crippen LogP contribution in [0.1, 0.15) is 44.9 Å². The van der Waals surface area contributed by atoms with Crippen molar-refractivity contribution in [3.8, 4) is 11.5 Å².